The van der Waals surface area contributed by atoms with E-state index in [-0.39, 0.29) is 6.42 Å². The van der Waals surface area contributed by atoms with Crippen molar-refractivity contribution < 1.29 is 22.8 Å². The highest BCUT2D eigenvalue weighted by atomic mass is 19.4. The maximum Gasteiger partial charge on any atom is 0.471 e. The quantitative estimate of drug-likeness (QED) is 0.930. The lowest BCUT2D eigenvalue weighted by molar-refractivity contribution is -0.175. The number of nitrogens with one attached hydrogen (secondary N) is 1. The Morgan fingerprint density at radius 1 is 1.23 bits per heavy atom. The molecular weight excluding hydrogens is 297 g/mol. The molecule has 0 bridgehead atoms. The molecule has 0 aromatic heterocycles. The van der Waals surface area contributed by atoms with E-state index in [1.807, 2.05) is 35.6 Å². The summed E-state index contributed by atoms with van der Waals surface area (Å²) in [5, 5.41) is 1.81. The minimum absolute atomic E-state index is 0.228. The van der Waals surface area contributed by atoms with Crippen molar-refractivity contribution in [2.24, 2.45) is 0 Å². The summed E-state index contributed by atoms with van der Waals surface area (Å²) in [5.74, 6) is -2.52. The number of nitrogens with zero attached hydrogens (tertiary/aromatic N) is 1. The molecular formula is C15H17F3N2O2. The molecule has 1 saturated heterocycles. The second-order valence-corrected chi connectivity index (χ2v) is 5.26. The molecule has 0 radical (unpaired) electrons. The van der Waals surface area contributed by atoms with Crippen molar-refractivity contribution in [3.05, 3.63) is 35.9 Å². The van der Waals surface area contributed by atoms with E-state index in [4.69, 9.17) is 0 Å². The highest BCUT2D eigenvalue weighted by molar-refractivity contribution is 5.89. The summed E-state index contributed by atoms with van der Waals surface area (Å²) in [6.45, 7) is 0.810. The third kappa shape index (κ3) is 4.22. The van der Waals surface area contributed by atoms with Crippen LogP contribution in [0.5, 0.6) is 0 Å². The van der Waals surface area contributed by atoms with Crippen LogP contribution in [0.25, 0.3) is 0 Å². The molecule has 1 aliphatic rings. The average molecular weight is 314 g/mol. The van der Waals surface area contributed by atoms with E-state index >= 15 is 0 Å². The number of alkyl halides is 3. The van der Waals surface area contributed by atoms with Gasteiger partial charge in [-0.3, -0.25) is 9.59 Å². The van der Waals surface area contributed by atoms with Gasteiger partial charge in [0.2, 0.25) is 5.91 Å². The summed E-state index contributed by atoms with van der Waals surface area (Å²) in [4.78, 5) is 24.9. The summed E-state index contributed by atoms with van der Waals surface area (Å²) < 4.78 is 37.0. The number of carbonyl (C=O) groups is 2. The molecule has 0 unspecified atom stereocenters. The van der Waals surface area contributed by atoms with Crippen molar-refractivity contribution in [3.63, 3.8) is 0 Å². The molecule has 1 aliphatic heterocycles. The van der Waals surface area contributed by atoms with Crippen molar-refractivity contribution in [3.8, 4) is 0 Å². The highest BCUT2D eigenvalue weighted by Crippen LogP contribution is 2.19. The summed E-state index contributed by atoms with van der Waals surface area (Å²) in [7, 11) is 0. The van der Waals surface area contributed by atoms with Crippen LogP contribution in [-0.2, 0) is 16.1 Å². The van der Waals surface area contributed by atoms with Crippen molar-refractivity contribution in [1.29, 1.82) is 0 Å². The summed E-state index contributed by atoms with van der Waals surface area (Å²) in [5.41, 5.74) is 0.902. The van der Waals surface area contributed by atoms with E-state index in [2.05, 4.69) is 0 Å². The molecule has 0 aliphatic carbocycles. The molecule has 1 aromatic carbocycles. The molecule has 1 aromatic rings. The van der Waals surface area contributed by atoms with Crippen LogP contribution in [0.15, 0.2) is 30.3 Å². The minimum atomic E-state index is -4.98. The van der Waals surface area contributed by atoms with Crippen LogP contribution in [0.1, 0.15) is 24.8 Å². The maximum atomic E-state index is 12.4. The lowest BCUT2D eigenvalue weighted by Crippen LogP contribution is -2.50. The summed E-state index contributed by atoms with van der Waals surface area (Å²) in [6.07, 6.45) is -3.44. The van der Waals surface area contributed by atoms with Gasteiger partial charge in [0, 0.05) is 13.1 Å². The molecule has 1 heterocycles. The fourth-order valence-corrected chi connectivity index (χ4v) is 2.44. The molecule has 2 amide bonds. The van der Waals surface area contributed by atoms with Crippen molar-refractivity contribution in [1.82, 2.24) is 10.2 Å². The van der Waals surface area contributed by atoms with Gasteiger partial charge in [-0.05, 0) is 24.8 Å². The smallest absolute Gasteiger partial charge is 0.337 e. The lowest BCUT2D eigenvalue weighted by Gasteiger charge is -2.25. The third-order valence-corrected chi connectivity index (χ3v) is 3.56. The monoisotopic (exact) mass is 314 g/mol. The van der Waals surface area contributed by atoms with Crippen molar-refractivity contribution in [2.75, 3.05) is 6.54 Å². The maximum absolute atomic E-state index is 12.4. The van der Waals surface area contributed by atoms with Crippen LogP contribution in [0.2, 0.25) is 0 Å². The second-order valence-electron chi connectivity index (χ2n) is 5.26. The van der Waals surface area contributed by atoms with Crippen LogP contribution in [0.4, 0.5) is 13.2 Å². The van der Waals surface area contributed by atoms with Gasteiger partial charge < -0.3 is 10.2 Å². The SMILES string of the molecule is O=C1[C@@H](NC(=O)C(F)(F)F)CCCCN1Cc1ccccc1. The summed E-state index contributed by atoms with van der Waals surface area (Å²) in [6, 6.07) is 8.10. The van der Waals surface area contributed by atoms with Gasteiger partial charge in [-0.25, -0.2) is 0 Å². The fourth-order valence-electron chi connectivity index (χ4n) is 2.44. The van der Waals surface area contributed by atoms with Gasteiger partial charge in [-0.1, -0.05) is 30.3 Å². The standard InChI is InChI=1S/C15H17F3N2O2/c16-15(17,18)14(22)19-12-8-4-5-9-20(13(12)21)10-11-6-2-1-3-7-11/h1-3,6-7,12H,4-5,8-10H2,(H,19,22)/t12-/m0/s1. The number of benzene rings is 1. The van der Waals surface area contributed by atoms with Crippen molar-refractivity contribution in [2.45, 2.75) is 38.0 Å². The predicted octanol–water partition coefficient (Wildman–Crippen LogP) is 2.25. The van der Waals surface area contributed by atoms with E-state index in [1.165, 1.54) is 4.90 Å². The van der Waals surface area contributed by atoms with Gasteiger partial charge in [-0.2, -0.15) is 13.2 Å². The van der Waals surface area contributed by atoms with Gasteiger partial charge in [-0.15, -0.1) is 0 Å². The van der Waals surface area contributed by atoms with Crippen LogP contribution in [0.3, 0.4) is 0 Å². The topological polar surface area (TPSA) is 49.4 Å². The first-order valence-electron chi connectivity index (χ1n) is 7.08. The van der Waals surface area contributed by atoms with E-state index in [0.717, 1.165) is 5.56 Å². The van der Waals surface area contributed by atoms with Gasteiger partial charge in [0.05, 0.1) is 0 Å². The molecule has 22 heavy (non-hydrogen) atoms. The Hall–Kier alpha value is -2.05. The Balaban J connectivity index is 2.06. The molecule has 0 spiro atoms. The largest absolute Gasteiger partial charge is 0.471 e. The Labute approximate surface area is 126 Å². The molecule has 4 nitrogen and oxygen atoms in total. The number of rotatable bonds is 3. The number of halogens is 3. The predicted molar refractivity (Wildman–Crippen MR) is 73.7 cm³/mol. The van der Waals surface area contributed by atoms with E-state index < -0.39 is 24.0 Å². The van der Waals surface area contributed by atoms with Gasteiger partial charge in [0.15, 0.2) is 0 Å². The Kier molecular flexibility index (Phi) is 5.05. The molecule has 7 heteroatoms. The highest BCUT2D eigenvalue weighted by Gasteiger charge is 2.41. The first-order valence-corrected chi connectivity index (χ1v) is 7.08. The van der Waals surface area contributed by atoms with Crippen molar-refractivity contribution >= 4 is 11.8 Å². The van der Waals surface area contributed by atoms with E-state index in [1.54, 1.807) is 0 Å². The first kappa shape index (κ1) is 16.3. The number of hydrogen-bond donors (Lipinski definition) is 1. The second kappa shape index (κ2) is 6.81. The van der Waals surface area contributed by atoms with E-state index in [0.29, 0.717) is 25.9 Å². The lowest BCUT2D eigenvalue weighted by atomic mass is 10.1. The Bertz CT molecular complexity index is 531. The molecule has 120 valence electrons. The number of hydrogen-bond acceptors (Lipinski definition) is 2. The van der Waals surface area contributed by atoms with Crippen LogP contribution in [0, 0.1) is 0 Å². The van der Waals surface area contributed by atoms with Gasteiger partial charge in [0.25, 0.3) is 0 Å². The van der Waals surface area contributed by atoms with Gasteiger partial charge >= 0.3 is 12.1 Å². The Morgan fingerprint density at radius 2 is 1.91 bits per heavy atom. The van der Waals surface area contributed by atoms with Gasteiger partial charge in [0.1, 0.15) is 6.04 Å². The van der Waals surface area contributed by atoms with Crippen LogP contribution >= 0.6 is 0 Å². The number of amides is 2. The van der Waals surface area contributed by atoms with Crippen LogP contribution in [-0.4, -0.2) is 35.5 Å². The molecule has 1 fully saturated rings. The first-order chi connectivity index (χ1) is 10.4. The fraction of sp³-hybridized carbons (Fsp3) is 0.467. The van der Waals surface area contributed by atoms with E-state index in [9.17, 15) is 22.8 Å². The molecule has 1 N–H and O–H groups in total. The normalized spacial score (nSPS) is 19.7. The average Bonchev–Trinajstić information content (AvgIpc) is 2.63. The zero-order valence-electron chi connectivity index (χ0n) is 11.9. The molecule has 1 atom stereocenters. The zero-order chi connectivity index (χ0) is 16.2. The van der Waals surface area contributed by atoms with Crippen LogP contribution < -0.4 is 5.32 Å². The zero-order valence-corrected chi connectivity index (χ0v) is 11.9. The molecule has 2 rings (SSSR count). The minimum Gasteiger partial charge on any atom is -0.337 e. The molecule has 0 saturated carbocycles. The Morgan fingerprint density at radius 3 is 2.55 bits per heavy atom. The summed E-state index contributed by atoms with van der Waals surface area (Å²) >= 11 is 0. The number of carbonyl (C=O) groups excluding carboxylic acids is 2. The third-order valence-electron chi connectivity index (χ3n) is 3.56. The number of likely N-dealkylation sites (tertiary alicyclic amines) is 1.